The second kappa shape index (κ2) is 3.23. The fourth-order valence-corrected chi connectivity index (χ4v) is 2.39. The van der Waals surface area contributed by atoms with Gasteiger partial charge in [-0.05, 0) is 6.42 Å². The fourth-order valence-electron chi connectivity index (χ4n) is 2.39. The minimum Gasteiger partial charge on any atom is -0.392 e. The lowest BCUT2D eigenvalue weighted by Crippen LogP contribution is -2.63. The summed E-state index contributed by atoms with van der Waals surface area (Å²) in [4.78, 5) is 2.45. The summed E-state index contributed by atoms with van der Waals surface area (Å²) in [5, 5.41) is 9.62. The minimum absolute atomic E-state index is 0.0807. The van der Waals surface area contributed by atoms with Crippen LogP contribution in [0.1, 0.15) is 20.3 Å². The quantitative estimate of drug-likeness (QED) is 0.645. The van der Waals surface area contributed by atoms with Crippen molar-refractivity contribution in [2.45, 2.75) is 32.4 Å². The molecule has 2 atom stereocenters. The van der Waals surface area contributed by atoms with Crippen LogP contribution in [0.15, 0.2) is 0 Å². The lowest BCUT2D eigenvalue weighted by Gasteiger charge is -2.54. The van der Waals surface area contributed by atoms with Gasteiger partial charge < -0.3 is 9.84 Å². The van der Waals surface area contributed by atoms with Crippen LogP contribution in [0.5, 0.6) is 0 Å². The third kappa shape index (κ3) is 1.49. The van der Waals surface area contributed by atoms with Gasteiger partial charge in [0.05, 0.1) is 19.3 Å². The molecule has 2 rings (SSSR count). The maximum atomic E-state index is 9.62. The Balaban J connectivity index is 1.94. The van der Waals surface area contributed by atoms with E-state index in [1.807, 2.05) is 0 Å². The number of morpholine rings is 1. The Morgan fingerprint density at radius 1 is 1.31 bits per heavy atom. The second-order valence-corrected chi connectivity index (χ2v) is 4.74. The third-order valence-corrected chi connectivity index (χ3v) is 3.65. The summed E-state index contributed by atoms with van der Waals surface area (Å²) < 4.78 is 5.31. The van der Waals surface area contributed by atoms with E-state index in [2.05, 4.69) is 18.7 Å². The first-order valence-electron chi connectivity index (χ1n) is 5.12. The van der Waals surface area contributed by atoms with E-state index in [-0.39, 0.29) is 11.5 Å². The zero-order valence-corrected chi connectivity index (χ0v) is 8.49. The summed E-state index contributed by atoms with van der Waals surface area (Å²) in [5.41, 5.74) is 0.0807. The lowest BCUT2D eigenvalue weighted by molar-refractivity contribution is -0.137. The number of rotatable bonds is 1. The van der Waals surface area contributed by atoms with Crippen molar-refractivity contribution in [2.24, 2.45) is 5.41 Å². The molecule has 76 valence electrons. The molecule has 2 unspecified atom stereocenters. The van der Waals surface area contributed by atoms with Crippen molar-refractivity contribution in [3.05, 3.63) is 0 Å². The molecule has 1 aliphatic carbocycles. The maximum absolute atomic E-state index is 9.62. The van der Waals surface area contributed by atoms with E-state index in [9.17, 15) is 5.11 Å². The van der Waals surface area contributed by atoms with Gasteiger partial charge in [-0.2, -0.15) is 0 Å². The maximum Gasteiger partial charge on any atom is 0.0621 e. The summed E-state index contributed by atoms with van der Waals surface area (Å²) in [6.45, 7) is 8.07. The highest BCUT2D eigenvalue weighted by Crippen LogP contribution is 2.43. The predicted octanol–water partition coefficient (Wildman–Crippen LogP) is 0.478. The van der Waals surface area contributed by atoms with Crippen LogP contribution in [-0.4, -0.2) is 48.5 Å². The molecule has 2 aliphatic rings. The van der Waals surface area contributed by atoms with E-state index >= 15 is 0 Å². The SMILES string of the molecule is CC1(C)C(O)CC1N1CCOCC1. The summed E-state index contributed by atoms with van der Waals surface area (Å²) in [6, 6.07) is 0.561. The van der Waals surface area contributed by atoms with Crippen molar-refractivity contribution in [1.29, 1.82) is 0 Å². The Kier molecular flexibility index (Phi) is 2.34. The number of ether oxygens (including phenoxy) is 1. The summed E-state index contributed by atoms with van der Waals surface area (Å²) in [6.07, 6.45) is 0.827. The van der Waals surface area contributed by atoms with Crippen LogP contribution in [0.25, 0.3) is 0 Å². The first kappa shape index (κ1) is 9.44. The molecule has 0 radical (unpaired) electrons. The monoisotopic (exact) mass is 185 g/mol. The molecule has 3 heteroatoms. The van der Waals surface area contributed by atoms with Crippen molar-refractivity contribution in [3.8, 4) is 0 Å². The molecule has 0 aromatic carbocycles. The Bertz CT molecular complexity index is 187. The van der Waals surface area contributed by atoms with Gasteiger partial charge in [0.25, 0.3) is 0 Å². The van der Waals surface area contributed by atoms with Gasteiger partial charge in [-0.15, -0.1) is 0 Å². The molecule has 1 N–H and O–H groups in total. The van der Waals surface area contributed by atoms with E-state index in [1.54, 1.807) is 0 Å². The molecule has 2 fully saturated rings. The van der Waals surface area contributed by atoms with Crippen molar-refractivity contribution < 1.29 is 9.84 Å². The Morgan fingerprint density at radius 2 is 1.92 bits per heavy atom. The Labute approximate surface area is 79.7 Å². The topological polar surface area (TPSA) is 32.7 Å². The van der Waals surface area contributed by atoms with Gasteiger partial charge in [0.15, 0.2) is 0 Å². The van der Waals surface area contributed by atoms with E-state index in [1.165, 1.54) is 0 Å². The van der Waals surface area contributed by atoms with Gasteiger partial charge in [0.1, 0.15) is 0 Å². The highest BCUT2D eigenvalue weighted by Gasteiger charge is 2.49. The average Bonchev–Trinajstić information content (AvgIpc) is 2.15. The number of hydrogen-bond acceptors (Lipinski definition) is 3. The smallest absolute Gasteiger partial charge is 0.0621 e. The van der Waals surface area contributed by atoms with Crippen LogP contribution in [0.4, 0.5) is 0 Å². The summed E-state index contributed by atoms with van der Waals surface area (Å²) >= 11 is 0. The molecule has 3 nitrogen and oxygen atoms in total. The number of hydrogen-bond donors (Lipinski definition) is 1. The Morgan fingerprint density at radius 3 is 2.38 bits per heavy atom. The average molecular weight is 185 g/mol. The predicted molar refractivity (Wildman–Crippen MR) is 50.6 cm³/mol. The normalized spacial score (nSPS) is 39.9. The fraction of sp³-hybridized carbons (Fsp3) is 1.00. The van der Waals surface area contributed by atoms with E-state index in [0.717, 1.165) is 32.7 Å². The summed E-state index contributed by atoms with van der Waals surface area (Å²) in [7, 11) is 0. The highest BCUT2D eigenvalue weighted by atomic mass is 16.5. The molecule has 13 heavy (non-hydrogen) atoms. The largest absolute Gasteiger partial charge is 0.392 e. The van der Waals surface area contributed by atoms with Crippen LogP contribution in [0, 0.1) is 5.41 Å². The van der Waals surface area contributed by atoms with Crippen LogP contribution in [0.3, 0.4) is 0 Å². The number of aliphatic hydroxyl groups excluding tert-OH is 1. The zero-order valence-electron chi connectivity index (χ0n) is 8.49. The molecule has 1 heterocycles. The molecule has 0 aromatic rings. The first-order valence-corrected chi connectivity index (χ1v) is 5.12. The van der Waals surface area contributed by atoms with Crippen LogP contribution in [0.2, 0.25) is 0 Å². The van der Waals surface area contributed by atoms with Crippen LogP contribution < -0.4 is 0 Å². The number of aliphatic hydroxyl groups is 1. The first-order chi connectivity index (χ1) is 6.12. The van der Waals surface area contributed by atoms with Gasteiger partial charge in [0.2, 0.25) is 0 Å². The third-order valence-electron chi connectivity index (χ3n) is 3.65. The number of nitrogens with zero attached hydrogens (tertiary/aromatic N) is 1. The molecule has 0 spiro atoms. The van der Waals surface area contributed by atoms with Gasteiger partial charge >= 0.3 is 0 Å². The molecule has 0 amide bonds. The van der Waals surface area contributed by atoms with E-state index < -0.39 is 0 Å². The highest BCUT2D eigenvalue weighted by molar-refractivity contribution is 5.03. The second-order valence-electron chi connectivity index (χ2n) is 4.74. The van der Waals surface area contributed by atoms with Gasteiger partial charge in [0, 0.05) is 24.5 Å². The van der Waals surface area contributed by atoms with E-state index in [0.29, 0.717) is 6.04 Å². The van der Waals surface area contributed by atoms with Crippen LogP contribution in [-0.2, 0) is 4.74 Å². The molecule has 0 aromatic heterocycles. The van der Waals surface area contributed by atoms with Crippen LogP contribution >= 0.6 is 0 Å². The van der Waals surface area contributed by atoms with Crippen molar-refractivity contribution in [2.75, 3.05) is 26.3 Å². The molecular formula is C10H19NO2. The molecule has 1 saturated carbocycles. The Hall–Kier alpha value is -0.120. The van der Waals surface area contributed by atoms with Crippen molar-refractivity contribution in [1.82, 2.24) is 4.90 Å². The van der Waals surface area contributed by atoms with Gasteiger partial charge in [-0.1, -0.05) is 13.8 Å². The molecule has 0 bridgehead atoms. The standard InChI is InChI=1S/C10H19NO2/c1-10(2)8(7-9(10)12)11-3-5-13-6-4-11/h8-9,12H,3-7H2,1-2H3. The minimum atomic E-state index is -0.111. The van der Waals surface area contributed by atoms with Gasteiger partial charge in [-0.3, -0.25) is 4.90 Å². The lowest BCUT2D eigenvalue weighted by atomic mass is 9.64. The molecule has 1 aliphatic heterocycles. The molecular weight excluding hydrogens is 166 g/mol. The van der Waals surface area contributed by atoms with E-state index in [4.69, 9.17) is 4.74 Å². The zero-order chi connectivity index (χ0) is 9.47. The van der Waals surface area contributed by atoms with Crippen molar-refractivity contribution in [3.63, 3.8) is 0 Å². The molecule has 1 saturated heterocycles. The summed E-state index contributed by atoms with van der Waals surface area (Å²) in [5.74, 6) is 0. The van der Waals surface area contributed by atoms with Crippen molar-refractivity contribution >= 4 is 0 Å². The van der Waals surface area contributed by atoms with Gasteiger partial charge in [-0.25, -0.2) is 0 Å².